The number of hydrogen-bond acceptors (Lipinski definition) is 4. The first-order valence-corrected chi connectivity index (χ1v) is 14.7. The summed E-state index contributed by atoms with van der Waals surface area (Å²) in [4.78, 5) is 15.3. The molecule has 35 heavy (non-hydrogen) atoms. The average Bonchev–Trinajstić information content (AvgIpc) is 2.86. The van der Waals surface area contributed by atoms with Crippen molar-refractivity contribution < 1.29 is 13.2 Å². The highest BCUT2D eigenvalue weighted by molar-refractivity contribution is 7.88. The Labute approximate surface area is 218 Å². The van der Waals surface area contributed by atoms with Crippen LogP contribution in [-0.2, 0) is 33.7 Å². The molecule has 0 saturated carbocycles. The van der Waals surface area contributed by atoms with Gasteiger partial charge >= 0.3 is 0 Å². The molecule has 2 aliphatic rings. The van der Waals surface area contributed by atoms with E-state index in [4.69, 9.17) is 23.2 Å². The van der Waals surface area contributed by atoms with E-state index in [1.165, 1.54) is 29.1 Å². The van der Waals surface area contributed by atoms with E-state index in [0.29, 0.717) is 41.5 Å². The molecule has 0 bridgehead atoms. The summed E-state index contributed by atoms with van der Waals surface area (Å²) in [5.41, 5.74) is 2.72. The third-order valence-electron chi connectivity index (χ3n) is 6.88. The third kappa shape index (κ3) is 7.20. The van der Waals surface area contributed by atoms with Crippen molar-refractivity contribution in [2.75, 3.05) is 26.2 Å². The number of halogens is 2. The molecule has 2 fully saturated rings. The molecule has 2 heterocycles. The molecule has 2 aliphatic heterocycles. The summed E-state index contributed by atoms with van der Waals surface area (Å²) < 4.78 is 27.5. The van der Waals surface area contributed by atoms with Gasteiger partial charge in [-0.25, -0.2) is 12.7 Å². The van der Waals surface area contributed by atoms with Gasteiger partial charge in [0, 0.05) is 41.8 Å². The second-order valence-corrected chi connectivity index (χ2v) is 12.3. The smallest absolute Gasteiger partial charge is 0.224 e. The Morgan fingerprint density at radius 3 is 2.26 bits per heavy atom. The molecule has 0 aliphatic carbocycles. The molecule has 9 heteroatoms. The number of likely N-dealkylation sites (tertiary alicyclic amines) is 1. The minimum Gasteiger partial charge on any atom is -0.352 e. The van der Waals surface area contributed by atoms with Gasteiger partial charge in [0.1, 0.15) is 0 Å². The highest BCUT2D eigenvalue weighted by Crippen LogP contribution is 2.29. The van der Waals surface area contributed by atoms with Crippen LogP contribution in [0.3, 0.4) is 0 Å². The molecular weight excluding hydrogens is 505 g/mol. The van der Waals surface area contributed by atoms with Crippen molar-refractivity contribution in [2.24, 2.45) is 5.92 Å². The van der Waals surface area contributed by atoms with Gasteiger partial charge in [-0.05, 0) is 62.0 Å². The van der Waals surface area contributed by atoms with E-state index in [9.17, 15) is 13.2 Å². The topological polar surface area (TPSA) is 69.7 Å². The molecular formula is C26H33Cl2N3O3S. The lowest BCUT2D eigenvalue weighted by molar-refractivity contribution is -0.126. The number of amides is 1. The van der Waals surface area contributed by atoms with Crippen molar-refractivity contribution in [3.63, 3.8) is 0 Å². The van der Waals surface area contributed by atoms with Gasteiger partial charge in [-0.3, -0.25) is 9.69 Å². The van der Waals surface area contributed by atoms with Crippen molar-refractivity contribution >= 4 is 39.1 Å². The maximum absolute atomic E-state index is 13.1. The summed E-state index contributed by atoms with van der Waals surface area (Å²) in [6.45, 7) is 4.30. The molecule has 6 nitrogen and oxygen atoms in total. The minimum atomic E-state index is -3.65. The van der Waals surface area contributed by atoms with Gasteiger partial charge in [0.05, 0.1) is 11.7 Å². The second-order valence-electron chi connectivity index (χ2n) is 9.52. The molecule has 4 rings (SSSR count). The van der Waals surface area contributed by atoms with E-state index in [-0.39, 0.29) is 24.1 Å². The second kappa shape index (κ2) is 12.1. The first-order valence-electron chi connectivity index (χ1n) is 12.3. The Balaban J connectivity index is 1.29. The Hall–Kier alpha value is -1.64. The summed E-state index contributed by atoms with van der Waals surface area (Å²) >= 11 is 12.4. The largest absolute Gasteiger partial charge is 0.352 e. The number of carbonyl (C=O) groups is 1. The molecule has 190 valence electrons. The molecule has 0 radical (unpaired) electrons. The lowest BCUT2D eigenvalue weighted by atomic mass is 9.98. The molecule has 1 atom stereocenters. The number of nitrogens with zero attached hydrogens (tertiary/aromatic N) is 2. The van der Waals surface area contributed by atoms with E-state index in [1.807, 2.05) is 0 Å². The van der Waals surface area contributed by atoms with Crippen LogP contribution in [0, 0.1) is 5.92 Å². The van der Waals surface area contributed by atoms with Crippen LogP contribution in [0.15, 0.2) is 42.5 Å². The van der Waals surface area contributed by atoms with E-state index in [2.05, 4.69) is 34.5 Å². The van der Waals surface area contributed by atoms with Crippen molar-refractivity contribution in [3.05, 3.63) is 69.2 Å². The number of carbonyl (C=O) groups excluding carboxylic acids is 1. The van der Waals surface area contributed by atoms with Crippen LogP contribution in [0.4, 0.5) is 0 Å². The highest BCUT2D eigenvalue weighted by atomic mass is 35.5. The van der Waals surface area contributed by atoms with Crippen LogP contribution < -0.4 is 5.32 Å². The maximum Gasteiger partial charge on any atom is 0.224 e. The van der Waals surface area contributed by atoms with E-state index in [1.54, 1.807) is 18.2 Å². The average molecular weight is 539 g/mol. The van der Waals surface area contributed by atoms with Crippen LogP contribution >= 0.6 is 23.2 Å². The van der Waals surface area contributed by atoms with Crippen molar-refractivity contribution in [3.8, 4) is 0 Å². The molecule has 1 N–H and O–H groups in total. The van der Waals surface area contributed by atoms with Crippen molar-refractivity contribution in [1.29, 1.82) is 0 Å². The molecule has 0 aromatic heterocycles. The Bertz CT molecular complexity index is 1100. The van der Waals surface area contributed by atoms with Gasteiger partial charge in [0.15, 0.2) is 0 Å². The number of nitrogens with one attached hydrogen (secondary N) is 1. The molecule has 0 unspecified atom stereocenters. The van der Waals surface area contributed by atoms with E-state index < -0.39 is 10.0 Å². The lowest BCUT2D eigenvalue weighted by Gasteiger charge is -2.31. The van der Waals surface area contributed by atoms with Gasteiger partial charge in [-0.1, -0.05) is 60.0 Å². The quantitative estimate of drug-likeness (QED) is 0.523. The molecule has 2 aromatic rings. The Morgan fingerprint density at radius 1 is 0.914 bits per heavy atom. The maximum atomic E-state index is 13.1. The van der Waals surface area contributed by atoms with E-state index in [0.717, 1.165) is 25.2 Å². The molecule has 1 amide bonds. The Morgan fingerprint density at radius 2 is 1.57 bits per heavy atom. The first-order chi connectivity index (χ1) is 16.8. The summed E-state index contributed by atoms with van der Waals surface area (Å²) in [6, 6.07) is 13.3. The fourth-order valence-electron chi connectivity index (χ4n) is 4.82. The predicted octanol–water partition coefficient (Wildman–Crippen LogP) is 4.84. The number of hydrogen-bond donors (Lipinski definition) is 1. The summed E-state index contributed by atoms with van der Waals surface area (Å²) in [6.07, 6.45) is 5.18. The van der Waals surface area contributed by atoms with Gasteiger partial charge in [-0.2, -0.15) is 0 Å². The number of sulfonamides is 1. The van der Waals surface area contributed by atoms with Gasteiger partial charge in [0.2, 0.25) is 15.9 Å². The first kappa shape index (κ1) is 26.4. The lowest BCUT2D eigenvalue weighted by Crippen LogP contribution is -2.45. The zero-order valence-electron chi connectivity index (χ0n) is 19.9. The molecule has 2 saturated heterocycles. The van der Waals surface area contributed by atoms with Crippen LogP contribution in [0.2, 0.25) is 10.0 Å². The fraction of sp³-hybridized carbons (Fsp3) is 0.500. The normalized spacial score (nSPS) is 20.0. The predicted molar refractivity (Wildman–Crippen MR) is 141 cm³/mol. The standard InChI is InChI=1S/C26H33Cl2N3O3S/c27-24-7-4-8-25(28)23(24)19-35(33,34)31-15-5-6-22(18-31)26(32)29-16-20-9-11-21(12-10-20)17-30-13-2-1-3-14-30/h4,7-12,22H,1-3,5-6,13-19H2,(H,29,32)/t22-/m0/s1. The van der Waals surface area contributed by atoms with Gasteiger partial charge in [-0.15, -0.1) is 0 Å². The third-order valence-corrected chi connectivity index (χ3v) is 9.36. The minimum absolute atomic E-state index is 0.113. The SMILES string of the molecule is O=C(NCc1ccc(CN2CCCCC2)cc1)[C@H]1CCCN(S(=O)(=O)Cc2c(Cl)cccc2Cl)C1. The fourth-order valence-corrected chi connectivity index (χ4v) is 7.19. The van der Waals surface area contributed by atoms with Crippen LogP contribution in [0.1, 0.15) is 48.8 Å². The molecule has 2 aromatic carbocycles. The van der Waals surface area contributed by atoms with Gasteiger partial charge < -0.3 is 5.32 Å². The number of rotatable bonds is 8. The summed E-state index contributed by atoms with van der Waals surface area (Å²) in [5.74, 6) is -0.763. The summed E-state index contributed by atoms with van der Waals surface area (Å²) in [7, 11) is -3.65. The number of benzene rings is 2. The zero-order chi connectivity index (χ0) is 24.8. The van der Waals surface area contributed by atoms with Crippen LogP contribution in [-0.4, -0.2) is 49.7 Å². The molecule has 0 spiro atoms. The van der Waals surface area contributed by atoms with Crippen LogP contribution in [0.5, 0.6) is 0 Å². The number of piperidine rings is 2. The monoisotopic (exact) mass is 537 g/mol. The summed E-state index contributed by atoms with van der Waals surface area (Å²) in [5, 5.41) is 3.65. The van der Waals surface area contributed by atoms with Crippen molar-refractivity contribution in [2.45, 2.75) is 50.9 Å². The van der Waals surface area contributed by atoms with E-state index >= 15 is 0 Å². The van der Waals surface area contributed by atoms with Crippen LogP contribution in [0.25, 0.3) is 0 Å². The Kier molecular flexibility index (Phi) is 9.11. The van der Waals surface area contributed by atoms with Gasteiger partial charge in [0.25, 0.3) is 0 Å². The highest BCUT2D eigenvalue weighted by Gasteiger charge is 2.33. The van der Waals surface area contributed by atoms with Crippen molar-refractivity contribution in [1.82, 2.24) is 14.5 Å². The zero-order valence-corrected chi connectivity index (χ0v) is 22.2.